The average Bonchev–Trinajstić information content (AvgIpc) is 2.83. The van der Waals surface area contributed by atoms with Crippen LogP contribution in [0, 0.1) is 11.3 Å². The zero-order valence-corrected chi connectivity index (χ0v) is 10.6. The molecular formula is C11H10N6OS. The zero-order chi connectivity index (χ0) is 13.7. The number of rotatable bonds is 4. The van der Waals surface area contributed by atoms with Gasteiger partial charge >= 0.3 is 0 Å². The first-order chi connectivity index (χ1) is 9.17. The predicted octanol–water partition coefficient (Wildman–Crippen LogP) is 0.989. The van der Waals surface area contributed by atoms with Crippen LogP contribution in [-0.4, -0.2) is 26.8 Å². The van der Waals surface area contributed by atoms with Gasteiger partial charge in [-0.25, -0.2) is 5.10 Å². The molecule has 1 aromatic carbocycles. The van der Waals surface area contributed by atoms with Crippen LogP contribution in [0.25, 0.3) is 0 Å². The molecule has 0 saturated heterocycles. The van der Waals surface area contributed by atoms with Gasteiger partial charge in [0.1, 0.15) is 0 Å². The summed E-state index contributed by atoms with van der Waals surface area (Å²) < 4.78 is 0. The van der Waals surface area contributed by atoms with Crippen LogP contribution in [0.2, 0.25) is 0 Å². The van der Waals surface area contributed by atoms with Gasteiger partial charge < -0.3 is 11.1 Å². The lowest BCUT2D eigenvalue weighted by atomic mass is 10.2. The molecule has 19 heavy (non-hydrogen) atoms. The Balaban J connectivity index is 1.85. The van der Waals surface area contributed by atoms with Crippen LogP contribution >= 0.6 is 11.8 Å². The Morgan fingerprint density at radius 1 is 1.47 bits per heavy atom. The van der Waals surface area contributed by atoms with Gasteiger partial charge in [-0.15, -0.1) is 5.10 Å². The number of carbonyl (C=O) groups excluding carboxylic acids is 1. The number of nitrogen functional groups attached to an aromatic ring is 1. The molecule has 0 spiro atoms. The van der Waals surface area contributed by atoms with E-state index < -0.39 is 0 Å². The molecule has 2 rings (SSSR count). The Morgan fingerprint density at radius 2 is 2.21 bits per heavy atom. The molecule has 4 N–H and O–H groups in total. The van der Waals surface area contributed by atoms with Crippen molar-refractivity contribution in [3.8, 4) is 6.07 Å². The van der Waals surface area contributed by atoms with Crippen molar-refractivity contribution in [2.75, 3.05) is 16.8 Å². The fourth-order valence-electron chi connectivity index (χ4n) is 1.28. The Kier molecular flexibility index (Phi) is 4.00. The van der Waals surface area contributed by atoms with Crippen molar-refractivity contribution in [2.24, 2.45) is 0 Å². The third kappa shape index (κ3) is 3.72. The Morgan fingerprint density at radius 3 is 2.79 bits per heavy atom. The summed E-state index contributed by atoms with van der Waals surface area (Å²) in [7, 11) is 0. The summed E-state index contributed by atoms with van der Waals surface area (Å²) in [5.74, 6) is 0.213. The molecule has 7 nitrogen and oxygen atoms in total. The molecule has 0 fully saturated rings. The summed E-state index contributed by atoms with van der Waals surface area (Å²) in [4.78, 5) is 15.5. The lowest BCUT2D eigenvalue weighted by molar-refractivity contribution is -0.113. The van der Waals surface area contributed by atoms with Crippen molar-refractivity contribution in [3.05, 3.63) is 29.8 Å². The van der Waals surface area contributed by atoms with E-state index in [-0.39, 0.29) is 17.6 Å². The number of hydrogen-bond donors (Lipinski definition) is 3. The molecule has 1 aromatic heterocycles. The minimum atomic E-state index is -0.182. The summed E-state index contributed by atoms with van der Waals surface area (Å²) in [6.45, 7) is 0. The SMILES string of the molecule is N#Cc1ccc(NC(=O)CSc2n[nH]c(N)n2)cc1. The first kappa shape index (κ1) is 12.9. The smallest absolute Gasteiger partial charge is 0.234 e. The number of carbonyl (C=O) groups is 1. The molecule has 8 heteroatoms. The van der Waals surface area contributed by atoms with Gasteiger partial charge in [-0.2, -0.15) is 10.2 Å². The van der Waals surface area contributed by atoms with Crippen molar-refractivity contribution in [2.45, 2.75) is 5.16 Å². The number of aromatic amines is 1. The number of H-pyrrole nitrogens is 1. The summed E-state index contributed by atoms with van der Waals surface area (Å²) in [6, 6.07) is 8.63. The Labute approximate surface area is 113 Å². The maximum absolute atomic E-state index is 11.7. The molecule has 0 saturated carbocycles. The summed E-state index contributed by atoms with van der Waals surface area (Å²) >= 11 is 1.18. The van der Waals surface area contributed by atoms with Crippen molar-refractivity contribution < 1.29 is 4.79 Å². The minimum Gasteiger partial charge on any atom is -0.368 e. The number of nitrogens with zero attached hydrogens (tertiary/aromatic N) is 3. The molecule has 0 radical (unpaired) electrons. The second-order valence-corrected chi connectivity index (χ2v) is 4.47. The number of nitriles is 1. The lowest BCUT2D eigenvalue weighted by Gasteiger charge is -2.03. The number of aromatic nitrogens is 3. The first-order valence-electron chi connectivity index (χ1n) is 5.28. The second kappa shape index (κ2) is 5.88. The number of amides is 1. The Bertz CT molecular complexity index is 615. The maximum Gasteiger partial charge on any atom is 0.234 e. The molecule has 1 heterocycles. The van der Waals surface area contributed by atoms with E-state index in [0.29, 0.717) is 16.4 Å². The molecule has 0 bridgehead atoms. The van der Waals surface area contributed by atoms with Crippen molar-refractivity contribution in [3.63, 3.8) is 0 Å². The molecule has 2 aromatic rings. The highest BCUT2D eigenvalue weighted by Gasteiger charge is 2.06. The van der Waals surface area contributed by atoms with Gasteiger partial charge in [0.25, 0.3) is 0 Å². The maximum atomic E-state index is 11.7. The third-order valence-corrected chi connectivity index (χ3v) is 2.96. The van der Waals surface area contributed by atoms with Crippen LogP contribution in [0.3, 0.4) is 0 Å². The van der Waals surface area contributed by atoms with E-state index in [0.717, 1.165) is 0 Å². The topological polar surface area (TPSA) is 120 Å². The van der Waals surface area contributed by atoms with Crippen LogP contribution in [-0.2, 0) is 4.79 Å². The van der Waals surface area contributed by atoms with Crippen molar-refractivity contribution >= 4 is 29.3 Å². The largest absolute Gasteiger partial charge is 0.368 e. The normalized spacial score (nSPS) is 9.84. The zero-order valence-electron chi connectivity index (χ0n) is 9.75. The van der Waals surface area contributed by atoms with E-state index in [2.05, 4.69) is 20.5 Å². The highest BCUT2D eigenvalue weighted by atomic mass is 32.2. The van der Waals surface area contributed by atoms with E-state index in [1.807, 2.05) is 6.07 Å². The van der Waals surface area contributed by atoms with Gasteiger partial charge in [0, 0.05) is 5.69 Å². The van der Waals surface area contributed by atoms with Crippen molar-refractivity contribution in [1.29, 1.82) is 5.26 Å². The number of nitrogens with one attached hydrogen (secondary N) is 2. The molecule has 0 atom stereocenters. The fraction of sp³-hybridized carbons (Fsp3) is 0.0909. The van der Waals surface area contributed by atoms with E-state index >= 15 is 0 Å². The van der Waals surface area contributed by atoms with Gasteiger partial charge in [0.2, 0.25) is 17.0 Å². The molecule has 0 unspecified atom stereocenters. The molecule has 0 aliphatic rings. The number of hydrogen-bond acceptors (Lipinski definition) is 6. The van der Waals surface area contributed by atoms with Gasteiger partial charge in [-0.05, 0) is 24.3 Å². The third-order valence-electron chi connectivity index (χ3n) is 2.11. The van der Waals surface area contributed by atoms with E-state index in [1.54, 1.807) is 24.3 Å². The van der Waals surface area contributed by atoms with Crippen LogP contribution in [0.1, 0.15) is 5.56 Å². The molecule has 0 aliphatic carbocycles. The summed E-state index contributed by atoms with van der Waals surface area (Å²) in [5.41, 5.74) is 6.55. The van der Waals surface area contributed by atoms with E-state index in [4.69, 9.17) is 11.0 Å². The lowest BCUT2D eigenvalue weighted by Crippen LogP contribution is -2.14. The highest BCUT2D eigenvalue weighted by molar-refractivity contribution is 7.99. The number of thioether (sulfide) groups is 1. The van der Waals surface area contributed by atoms with Crippen LogP contribution in [0.15, 0.2) is 29.4 Å². The molecule has 0 aliphatic heterocycles. The van der Waals surface area contributed by atoms with Crippen LogP contribution in [0.5, 0.6) is 0 Å². The Hall–Kier alpha value is -2.53. The van der Waals surface area contributed by atoms with Crippen LogP contribution < -0.4 is 11.1 Å². The highest BCUT2D eigenvalue weighted by Crippen LogP contribution is 2.14. The van der Waals surface area contributed by atoms with E-state index in [9.17, 15) is 4.79 Å². The second-order valence-electron chi connectivity index (χ2n) is 3.53. The van der Waals surface area contributed by atoms with E-state index in [1.165, 1.54) is 11.8 Å². The van der Waals surface area contributed by atoms with Gasteiger partial charge in [0.15, 0.2) is 0 Å². The van der Waals surface area contributed by atoms with Gasteiger partial charge in [-0.3, -0.25) is 4.79 Å². The summed E-state index contributed by atoms with van der Waals surface area (Å²) in [6.07, 6.45) is 0. The predicted molar refractivity (Wildman–Crippen MR) is 71.3 cm³/mol. The van der Waals surface area contributed by atoms with Gasteiger partial charge in [-0.1, -0.05) is 11.8 Å². The standard InChI is InChI=1S/C11H10N6OS/c12-5-7-1-3-8(4-2-7)14-9(18)6-19-11-15-10(13)16-17-11/h1-4H,6H2,(H,14,18)(H3,13,15,16,17). The first-order valence-corrected chi connectivity index (χ1v) is 6.26. The molecule has 96 valence electrons. The quantitative estimate of drug-likeness (QED) is 0.715. The summed E-state index contributed by atoms with van der Waals surface area (Å²) in [5, 5.41) is 18.1. The molecule has 1 amide bonds. The molecular weight excluding hydrogens is 264 g/mol. The fourth-order valence-corrected chi connectivity index (χ4v) is 1.88. The minimum absolute atomic E-state index is 0.178. The monoisotopic (exact) mass is 274 g/mol. The number of benzene rings is 1. The average molecular weight is 274 g/mol. The van der Waals surface area contributed by atoms with Crippen molar-refractivity contribution in [1.82, 2.24) is 15.2 Å². The number of nitrogens with two attached hydrogens (primary N) is 1. The van der Waals surface area contributed by atoms with Gasteiger partial charge in [0.05, 0.1) is 17.4 Å². The van der Waals surface area contributed by atoms with Crippen LogP contribution in [0.4, 0.5) is 11.6 Å². The number of anilines is 2.